The molecular weight excluding hydrogens is 286 g/mol. The third kappa shape index (κ3) is 3.78. The Kier molecular flexibility index (Phi) is 5.67. The maximum atomic E-state index is 12.1. The van der Waals surface area contributed by atoms with Gasteiger partial charge >= 0.3 is 0 Å². The van der Waals surface area contributed by atoms with Crippen molar-refractivity contribution in [3.8, 4) is 0 Å². The molecule has 0 aromatic heterocycles. The van der Waals surface area contributed by atoms with Gasteiger partial charge in [0.2, 0.25) is 5.91 Å². The molecule has 1 aliphatic rings. The Hall–Kier alpha value is -1.04. The van der Waals surface area contributed by atoms with Crippen LogP contribution in [0, 0.1) is 20.8 Å². The summed E-state index contributed by atoms with van der Waals surface area (Å²) < 4.78 is 5.30. The Morgan fingerprint density at radius 2 is 1.95 bits per heavy atom. The Balaban J connectivity index is 2.16. The first kappa shape index (κ1) is 16.3. The largest absolute Gasteiger partial charge is 0.394 e. The molecule has 116 valence electrons. The molecule has 0 radical (unpaired) electrons. The highest BCUT2D eigenvalue weighted by Gasteiger charge is 2.34. The number of thioether (sulfide) groups is 1. The van der Waals surface area contributed by atoms with Gasteiger partial charge in [0.05, 0.1) is 25.6 Å². The van der Waals surface area contributed by atoms with Crippen molar-refractivity contribution in [1.82, 2.24) is 4.90 Å². The van der Waals surface area contributed by atoms with Crippen LogP contribution in [-0.2, 0) is 9.53 Å². The second-order valence-electron chi connectivity index (χ2n) is 5.40. The quantitative estimate of drug-likeness (QED) is 0.819. The van der Waals surface area contributed by atoms with Crippen LogP contribution in [0.1, 0.15) is 27.6 Å². The van der Waals surface area contributed by atoms with Crippen LogP contribution in [0.2, 0.25) is 0 Å². The number of hydrogen-bond donors (Lipinski definition) is 1. The molecule has 4 nitrogen and oxygen atoms in total. The molecule has 1 aromatic carbocycles. The van der Waals surface area contributed by atoms with E-state index in [4.69, 9.17) is 9.84 Å². The molecule has 1 saturated heterocycles. The van der Waals surface area contributed by atoms with Crippen molar-refractivity contribution < 1.29 is 14.6 Å². The summed E-state index contributed by atoms with van der Waals surface area (Å²) in [5.74, 6) is 0.689. The van der Waals surface area contributed by atoms with Crippen LogP contribution >= 0.6 is 11.8 Å². The van der Waals surface area contributed by atoms with Gasteiger partial charge in [-0.25, -0.2) is 0 Å². The van der Waals surface area contributed by atoms with Crippen LogP contribution in [0.25, 0.3) is 0 Å². The first-order valence-corrected chi connectivity index (χ1v) is 8.27. The lowest BCUT2D eigenvalue weighted by Crippen LogP contribution is -2.32. The number of aliphatic hydroxyl groups excluding tert-OH is 1. The predicted molar refractivity (Wildman–Crippen MR) is 85.5 cm³/mol. The number of carbonyl (C=O) groups excluding carboxylic acids is 1. The summed E-state index contributed by atoms with van der Waals surface area (Å²) in [6.45, 7) is 7.69. The van der Waals surface area contributed by atoms with E-state index < -0.39 is 0 Å². The number of carbonyl (C=O) groups is 1. The Bertz CT molecular complexity index is 495. The van der Waals surface area contributed by atoms with Crippen LogP contribution in [0.5, 0.6) is 0 Å². The van der Waals surface area contributed by atoms with E-state index in [-0.39, 0.29) is 17.9 Å². The maximum Gasteiger partial charge on any atom is 0.233 e. The average molecular weight is 309 g/mol. The monoisotopic (exact) mass is 309 g/mol. The van der Waals surface area contributed by atoms with E-state index in [1.807, 2.05) is 4.90 Å². The van der Waals surface area contributed by atoms with Crippen molar-refractivity contribution in [1.29, 1.82) is 0 Å². The summed E-state index contributed by atoms with van der Waals surface area (Å²) >= 11 is 1.68. The average Bonchev–Trinajstić information content (AvgIpc) is 2.75. The van der Waals surface area contributed by atoms with Crippen molar-refractivity contribution in [2.45, 2.75) is 26.1 Å². The van der Waals surface area contributed by atoms with E-state index in [1.165, 1.54) is 22.3 Å². The number of aliphatic hydroxyl groups is 1. The summed E-state index contributed by atoms with van der Waals surface area (Å²) in [6.07, 6.45) is 0. The standard InChI is InChI=1S/C16H23NO3S/c1-11-8-12(2)15(13(3)9-11)16-17(14(19)10-21-16)4-6-20-7-5-18/h8-9,16,18H,4-7,10H2,1-3H3. The topological polar surface area (TPSA) is 49.8 Å². The van der Waals surface area contributed by atoms with Crippen molar-refractivity contribution >= 4 is 17.7 Å². The van der Waals surface area contributed by atoms with Gasteiger partial charge in [0.1, 0.15) is 5.37 Å². The third-order valence-corrected chi connectivity index (χ3v) is 4.88. The minimum Gasteiger partial charge on any atom is -0.394 e. The molecule has 1 aliphatic heterocycles. The molecule has 1 amide bonds. The van der Waals surface area contributed by atoms with Gasteiger partial charge in [-0.1, -0.05) is 17.7 Å². The fourth-order valence-corrected chi connectivity index (χ4v) is 4.25. The molecule has 0 spiro atoms. The van der Waals surface area contributed by atoms with Gasteiger partial charge in [0.15, 0.2) is 0 Å². The van der Waals surface area contributed by atoms with Gasteiger partial charge in [-0.15, -0.1) is 11.8 Å². The molecule has 2 rings (SSSR count). The number of amides is 1. The first-order valence-electron chi connectivity index (χ1n) is 7.22. The molecule has 1 atom stereocenters. The molecule has 1 heterocycles. The lowest BCUT2D eigenvalue weighted by molar-refractivity contribution is -0.128. The molecule has 1 N–H and O–H groups in total. The molecule has 1 unspecified atom stereocenters. The minimum atomic E-state index is 0.0162. The van der Waals surface area contributed by atoms with Gasteiger partial charge in [-0.05, 0) is 37.5 Å². The van der Waals surface area contributed by atoms with Gasteiger partial charge in [0, 0.05) is 6.54 Å². The molecule has 1 aromatic rings. The molecule has 1 fully saturated rings. The van der Waals surface area contributed by atoms with Crippen LogP contribution in [0.4, 0.5) is 0 Å². The number of ether oxygens (including phenoxy) is 1. The van der Waals surface area contributed by atoms with E-state index >= 15 is 0 Å². The normalized spacial score (nSPS) is 18.6. The summed E-state index contributed by atoms with van der Waals surface area (Å²) in [5, 5.41) is 8.81. The van der Waals surface area contributed by atoms with E-state index in [0.29, 0.717) is 25.5 Å². The number of hydrogen-bond acceptors (Lipinski definition) is 4. The van der Waals surface area contributed by atoms with Crippen LogP contribution in [-0.4, -0.2) is 48.0 Å². The van der Waals surface area contributed by atoms with Crippen LogP contribution < -0.4 is 0 Å². The van der Waals surface area contributed by atoms with Crippen LogP contribution in [0.15, 0.2) is 12.1 Å². The highest BCUT2D eigenvalue weighted by atomic mass is 32.2. The molecule has 0 aliphatic carbocycles. The summed E-state index contributed by atoms with van der Waals surface area (Å²) in [4.78, 5) is 14.0. The zero-order valence-electron chi connectivity index (χ0n) is 12.9. The minimum absolute atomic E-state index is 0.0162. The number of nitrogens with zero attached hydrogens (tertiary/aromatic N) is 1. The lowest BCUT2D eigenvalue weighted by Gasteiger charge is -2.27. The molecule has 0 saturated carbocycles. The van der Waals surface area contributed by atoms with Crippen LogP contribution in [0.3, 0.4) is 0 Å². The molecular formula is C16H23NO3S. The van der Waals surface area contributed by atoms with Crippen molar-refractivity contribution in [2.24, 2.45) is 0 Å². The van der Waals surface area contributed by atoms with E-state index in [9.17, 15) is 4.79 Å². The maximum absolute atomic E-state index is 12.1. The second kappa shape index (κ2) is 7.29. The SMILES string of the molecule is Cc1cc(C)c(C2SCC(=O)N2CCOCCO)c(C)c1. The van der Waals surface area contributed by atoms with Gasteiger partial charge in [0.25, 0.3) is 0 Å². The third-order valence-electron chi connectivity index (χ3n) is 3.67. The fraction of sp³-hybridized carbons (Fsp3) is 0.562. The molecule has 21 heavy (non-hydrogen) atoms. The van der Waals surface area contributed by atoms with Crippen molar-refractivity contribution in [3.05, 3.63) is 34.4 Å². The Morgan fingerprint density at radius 3 is 2.57 bits per heavy atom. The van der Waals surface area contributed by atoms with Crippen molar-refractivity contribution in [2.75, 3.05) is 32.1 Å². The van der Waals surface area contributed by atoms with E-state index in [2.05, 4.69) is 32.9 Å². The zero-order chi connectivity index (χ0) is 15.4. The zero-order valence-corrected chi connectivity index (χ0v) is 13.7. The Labute approximate surface area is 130 Å². The number of benzene rings is 1. The highest BCUT2D eigenvalue weighted by Crippen LogP contribution is 2.41. The van der Waals surface area contributed by atoms with Gasteiger partial charge in [-0.3, -0.25) is 4.79 Å². The fourth-order valence-electron chi connectivity index (χ4n) is 2.85. The van der Waals surface area contributed by atoms with E-state index in [1.54, 1.807) is 11.8 Å². The van der Waals surface area contributed by atoms with Crippen molar-refractivity contribution in [3.63, 3.8) is 0 Å². The Morgan fingerprint density at radius 1 is 1.29 bits per heavy atom. The highest BCUT2D eigenvalue weighted by molar-refractivity contribution is 8.00. The number of aryl methyl sites for hydroxylation is 3. The van der Waals surface area contributed by atoms with E-state index in [0.717, 1.165) is 0 Å². The van der Waals surface area contributed by atoms with Gasteiger partial charge < -0.3 is 14.7 Å². The summed E-state index contributed by atoms with van der Waals surface area (Å²) in [7, 11) is 0. The predicted octanol–water partition coefficient (Wildman–Crippen LogP) is 2.19. The molecule has 0 bridgehead atoms. The molecule has 5 heteroatoms. The smallest absolute Gasteiger partial charge is 0.233 e. The summed E-state index contributed by atoms with van der Waals surface area (Å²) in [6, 6.07) is 4.35. The summed E-state index contributed by atoms with van der Waals surface area (Å²) in [5.41, 5.74) is 4.97. The second-order valence-corrected chi connectivity index (χ2v) is 6.47. The lowest BCUT2D eigenvalue weighted by atomic mass is 9.99. The van der Waals surface area contributed by atoms with Gasteiger partial charge in [-0.2, -0.15) is 0 Å². The number of rotatable bonds is 6. The first-order chi connectivity index (χ1) is 10.0.